The average Bonchev–Trinajstić information content (AvgIpc) is 2.44. The molecule has 0 bridgehead atoms. The SMILES string of the molecule is CCCNC(C)c1ccc(N2CCC=C(C)C2)cc1Cl. The third-order valence-corrected chi connectivity index (χ3v) is 4.18. The van der Waals surface area contributed by atoms with Crippen molar-refractivity contribution in [2.24, 2.45) is 0 Å². The summed E-state index contributed by atoms with van der Waals surface area (Å²) in [5.41, 5.74) is 3.86. The lowest BCUT2D eigenvalue weighted by atomic mass is 10.1. The van der Waals surface area contributed by atoms with E-state index >= 15 is 0 Å². The fourth-order valence-electron chi connectivity index (χ4n) is 2.67. The molecule has 0 spiro atoms. The Morgan fingerprint density at radius 3 is 2.85 bits per heavy atom. The predicted molar refractivity (Wildman–Crippen MR) is 88.7 cm³/mol. The van der Waals surface area contributed by atoms with Gasteiger partial charge in [-0.05, 0) is 50.9 Å². The van der Waals surface area contributed by atoms with Crippen LogP contribution < -0.4 is 10.2 Å². The number of hydrogen-bond acceptors (Lipinski definition) is 2. The molecule has 1 aromatic carbocycles. The summed E-state index contributed by atoms with van der Waals surface area (Å²) in [6.07, 6.45) is 4.59. The summed E-state index contributed by atoms with van der Waals surface area (Å²) in [5.74, 6) is 0. The summed E-state index contributed by atoms with van der Waals surface area (Å²) in [6, 6.07) is 6.78. The van der Waals surface area contributed by atoms with Crippen molar-refractivity contribution in [1.29, 1.82) is 0 Å². The van der Waals surface area contributed by atoms with Crippen LogP contribution >= 0.6 is 11.6 Å². The number of hydrogen-bond donors (Lipinski definition) is 1. The van der Waals surface area contributed by atoms with Crippen molar-refractivity contribution < 1.29 is 0 Å². The van der Waals surface area contributed by atoms with Gasteiger partial charge in [0.1, 0.15) is 0 Å². The fourth-order valence-corrected chi connectivity index (χ4v) is 3.00. The van der Waals surface area contributed by atoms with E-state index in [1.54, 1.807) is 0 Å². The van der Waals surface area contributed by atoms with Crippen molar-refractivity contribution in [2.75, 3.05) is 24.5 Å². The van der Waals surface area contributed by atoms with Crippen molar-refractivity contribution in [3.05, 3.63) is 40.4 Å². The zero-order chi connectivity index (χ0) is 14.5. The molecule has 0 fully saturated rings. The molecule has 0 aliphatic carbocycles. The van der Waals surface area contributed by atoms with E-state index in [9.17, 15) is 0 Å². The van der Waals surface area contributed by atoms with Gasteiger partial charge < -0.3 is 10.2 Å². The second-order valence-electron chi connectivity index (χ2n) is 5.64. The Labute approximate surface area is 127 Å². The molecule has 1 heterocycles. The quantitative estimate of drug-likeness (QED) is 0.801. The predicted octanol–water partition coefficient (Wildman–Crippen LogP) is 4.56. The molecule has 20 heavy (non-hydrogen) atoms. The molecule has 1 unspecified atom stereocenters. The molecule has 1 aromatic rings. The molecule has 3 heteroatoms. The highest BCUT2D eigenvalue weighted by Crippen LogP contribution is 2.29. The van der Waals surface area contributed by atoms with Crippen molar-refractivity contribution in [2.45, 2.75) is 39.7 Å². The maximum absolute atomic E-state index is 6.48. The Hall–Kier alpha value is -0.990. The third-order valence-electron chi connectivity index (χ3n) is 3.85. The number of nitrogens with one attached hydrogen (secondary N) is 1. The van der Waals surface area contributed by atoms with Crippen LogP contribution in [0.4, 0.5) is 5.69 Å². The van der Waals surface area contributed by atoms with Gasteiger partial charge in [-0.15, -0.1) is 0 Å². The van der Waals surface area contributed by atoms with Crippen LogP contribution in [-0.2, 0) is 0 Å². The van der Waals surface area contributed by atoms with Gasteiger partial charge in [0, 0.05) is 29.8 Å². The van der Waals surface area contributed by atoms with Crippen LogP contribution in [0, 0.1) is 0 Å². The summed E-state index contributed by atoms with van der Waals surface area (Å²) in [7, 11) is 0. The topological polar surface area (TPSA) is 15.3 Å². The van der Waals surface area contributed by atoms with E-state index in [1.165, 1.54) is 16.8 Å². The zero-order valence-corrected chi connectivity index (χ0v) is 13.5. The van der Waals surface area contributed by atoms with Gasteiger partial charge >= 0.3 is 0 Å². The molecular formula is C17H25ClN2. The highest BCUT2D eigenvalue weighted by molar-refractivity contribution is 6.31. The molecule has 0 radical (unpaired) electrons. The van der Waals surface area contributed by atoms with Crippen molar-refractivity contribution in [3.63, 3.8) is 0 Å². The average molecular weight is 293 g/mol. The Bertz CT molecular complexity index is 482. The monoisotopic (exact) mass is 292 g/mol. The molecule has 2 nitrogen and oxygen atoms in total. The normalized spacial score (nSPS) is 17.0. The van der Waals surface area contributed by atoms with Gasteiger partial charge in [0.2, 0.25) is 0 Å². The van der Waals surface area contributed by atoms with Crippen LogP contribution in [-0.4, -0.2) is 19.6 Å². The highest BCUT2D eigenvalue weighted by atomic mass is 35.5. The Kier molecular flexibility index (Phi) is 5.50. The van der Waals surface area contributed by atoms with E-state index < -0.39 is 0 Å². The number of benzene rings is 1. The van der Waals surface area contributed by atoms with Crippen LogP contribution in [0.3, 0.4) is 0 Å². The summed E-state index contributed by atoms with van der Waals surface area (Å²) < 4.78 is 0. The van der Waals surface area contributed by atoms with Gasteiger partial charge in [-0.1, -0.05) is 36.2 Å². The highest BCUT2D eigenvalue weighted by Gasteiger charge is 2.14. The lowest BCUT2D eigenvalue weighted by molar-refractivity contribution is 0.571. The van der Waals surface area contributed by atoms with Crippen LogP contribution in [0.5, 0.6) is 0 Å². The van der Waals surface area contributed by atoms with E-state index in [4.69, 9.17) is 11.6 Å². The fraction of sp³-hybridized carbons (Fsp3) is 0.529. The smallest absolute Gasteiger partial charge is 0.0474 e. The molecule has 0 saturated heterocycles. The van der Waals surface area contributed by atoms with Gasteiger partial charge in [-0.2, -0.15) is 0 Å². The lowest BCUT2D eigenvalue weighted by Gasteiger charge is -2.29. The molecule has 1 N–H and O–H groups in total. The first-order valence-corrected chi connectivity index (χ1v) is 7.93. The standard InChI is InChI=1S/C17H25ClN2/c1-4-9-19-14(3)16-8-7-15(11-17(16)18)20-10-5-6-13(2)12-20/h6-8,11,14,19H,4-5,9-10,12H2,1-3H3. The number of halogens is 1. The van der Waals surface area contributed by atoms with Gasteiger partial charge in [0.05, 0.1) is 0 Å². The van der Waals surface area contributed by atoms with Crippen molar-refractivity contribution >= 4 is 17.3 Å². The second kappa shape index (κ2) is 7.14. The first-order chi connectivity index (χ1) is 9.61. The first-order valence-electron chi connectivity index (χ1n) is 7.55. The van der Waals surface area contributed by atoms with E-state index in [1.807, 2.05) is 0 Å². The minimum absolute atomic E-state index is 0.305. The van der Waals surface area contributed by atoms with Crippen LogP contribution in [0.2, 0.25) is 5.02 Å². The Morgan fingerprint density at radius 1 is 1.40 bits per heavy atom. The summed E-state index contributed by atoms with van der Waals surface area (Å²) in [5, 5.41) is 4.35. The largest absolute Gasteiger partial charge is 0.367 e. The summed E-state index contributed by atoms with van der Waals surface area (Å²) in [6.45, 7) is 9.66. The number of anilines is 1. The van der Waals surface area contributed by atoms with Crippen LogP contribution in [0.25, 0.3) is 0 Å². The Morgan fingerprint density at radius 2 is 2.20 bits per heavy atom. The maximum atomic E-state index is 6.48. The number of rotatable bonds is 5. The molecular weight excluding hydrogens is 268 g/mol. The van der Waals surface area contributed by atoms with Crippen molar-refractivity contribution in [3.8, 4) is 0 Å². The molecule has 2 rings (SSSR count). The summed E-state index contributed by atoms with van der Waals surface area (Å²) >= 11 is 6.48. The van der Waals surface area contributed by atoms with Gasteiger partial charge in [-0.25, -0.2) is 0 Å². The number of nitrogens with zero attached hydrogens (tertiary/aromatic N) is 1. The molecule has 0 saturated carbocycles. The molecule has 1 aliphatic heterocycles. The van der Waals surface area contributed by atoms with E-state index in [-0.39, 0.29) is 0 Å². The molecule has 0 amide bonds. The lowest BCUT2D eigenvalue weighted by Crippen LogP contribution is -2.29. The van der Waals surface area contributed by atoms with Gasteiger partial charge in [0.25, 0.3) is 0 Å². The second-order valence-corrected chi connectivity index (χ2v) is 6.05. The van der Waals surface area contributed by atoms with E-state index in [0.717, 1.165) is 37.5 Å². The third kappa shape index (κ3) is 3.77. The molecule has 1 aliphatic rings. The van der Waals surface area contributed by atoms with E-state index in [0.29, 0.717) is 6.04 Å². The van der Waals surface area contributed by atoms with Crippen LogP contribution in [0.1, 0.15) is 45.2 Å². The Balaban J connectivity index is 2.11. The maximum Gasteiger partial charge on any atom is 0.0474 e. The minimum atomic E-state index is 0.305. The first kappa shape index (κ1) is 15.4. The zero-order valence-electron chi connectivity index (χ0n) is 12.7. The molecule has 0 aromatic heterocycles. The minimum Gasteiger partial charge on any atom is -0.367 e. The van der Waals surface area contributed by atoms with E-state index in [2.05, 4.69) is 55.3 Å². The summed E-state index contributed by atoms with van der Waals surface area (Å²) in [4.78, 5) is 2.40. The van der Waals surface area contributed by atoms with Crippen LogP contribution in [0.15, 0.2) is 29.8 Å². The molecule has 110 valence electrons. The van der Waals surface area contributed by atoms with Gasteiger partial charge in [-0.3, -0.25) is 0 Å². The van der Waals surface area contributed by atoms with Gasteiger partial charge in [0.15, 0.2) is 0 Å². The van der Waals surface area contributed by atoms with Crippen molar-refractivity contribution in [1.82, 2.24) is 5.32 Å². The molecule has 1 atom stereocenters.